The third kappa shape index (κ3) is 4.15. The van der Waals surface area contributed by atoms with Crippen LogP contribution in [0.15, 0.2) is 18.2 Å². The first-order chi connectivity index (χ1) is 10.2. The van der Waals surface area contributed by atoms with Gasteiger partial charge in [0.15, 0.2) is 11.5 Å². The summed E-state index contributed by atoms with van der Waals surface area (Å²) in [6, 6.07) is 3.98. The Balaban J connectivity index is 2.18. The van der Waals surface area contributed by atoms with Gasteiger partial charge in [0, 0.05) is 12.1 Å². The van der Waals surface area contributed by atoms with Crippen molar-refractivity contribution in [1.82, 2.24) is 5.32 Å². The van der Waals surface area contributed by atoms with Gasteiger partial charge in [-0.05, 0) is 43.5 Å². The summed E-state index contributed by atoms with van der Waals surface area (Å²) in [4.78, 5) is 11.7. The summed E-state index contributed by atoms with van der Waals surface area (Å²) in [5, 5.41) is 2.90. The molecule has 0 unspecified atom stereocenters. The molecular formula is C16H21NO4. The van der Waals surface area contributed by atoms with Gasteiger partial charge in [-0.3, -0.25) is 4.79 Å². The monoisotopic (exact) mass is 291 g/mol. The Hall–Kier alpha value is -2.17. The molecule has 1 fully saturated rings. The van der Waals surface area contributed by atoms with Crippen LogP contribution < -0.4 is 19.5 Å². The van der Waals surface area contributed by atoms with Gasteiger partial charge in [0.25, 0.3) is 0 Å². The first-order valence-electron chi connectivity index (χ1n) is 7.05. The zero-order valence-electron chi connectivity index (χ0n) is 12.6. The number of nitrogens with one attached hydrogen (secondary N) is 1. The van der Waals surface area contributed by atoms with Crippen molar-refractivity contribution in [2.45, 2.75) is 25.8 Å². The van der Waals surface area contributed by atoms with Crippen LogP contribution in [0.2, 0.25) is 0 Å². The highest BCUT2D eigenvalue weighted by Crippen LogP contribution is 2.38. The Morgan fingerprint density at radius 1 is 1.29 bits per heavy atom. The molecule has 1 aromatic carbocycles. The van der Waals surface area contributed by atoms with Crippen LogP contribution in [-0.2, 0) is 4.79 Å². The topological polar surface area (TPSA) is 56.8 Å². The molecule has 0 bridgehead atoms. The number of rotatable bonds is 7. The van der Waals surface area contributed by atoms with Crippen molar-refractivity contribution in [3.05, 3.63) is 23.8 Å². The smallest absolute Gasteiger partial charge is 0.244 e. The fourth-order valence-electron chi connectivity index (χ4n) is 1.93. The third-order valence-corrected chi connectivity index (χ3v) is 3.12. The lowest BCUT2D eigenvalue weighted by atomic mass is 10.1. The van der Waals surface area contributed by atoms with E-state index in [0.29, 0.717) is 29.9 Å². The minimum absolute atomic E-state index is 0.0793. The van der Waals surface area contributed by atoms with Crippen molar-refractivity contribution in [2.24, 2.45) is 0 Å². The minimum Gasteiger partial charge on any atom is -0.493 e. The molecule has 0 heterocycles. The minimum atomic E-state index is -0.0793. The van der Waals surface area contributed by atoms with Gasteiger partial charge in [0.05, 0.1) is 20.8 Å². The number of amides is 1. The Morgan fingerprint density at radius 3 is 2.38 bits per heavy atom. The molecule has 0 aliphatic heterocycles. The lowest BCUT2D eigenvalue weighted by Crippen LogP contribution is -2.22. The van der Waals surface area contributed by atoms with Gasteiger partial charge in [0.2, 0.25) is 11.7 Å². The Bertz CT molecular complexity index is 510. The number of methoxy groups -OCH3 is 2. The van der Waals surface area contributed by atoms with Gasteiger partial charge in [-0.2, -0.15) is 0 Å². The van der Waals surface area contributed by atoms with Crippen molar-refractivity contribution in [3.63, 3.8) is 0 Å². The van der Waals surface area contributed by atoms with Crippen LogP contribution in [0.5, 0.6) is 17.2 Å². The maximum absolute atomic E-state index is 11.7. The lowest BCUT2D eigenvalue weighted by molar-refractivity contribution is -0.116. The number of benzene rings is 1. The predicted octanol–water partition coefficient (Wildman–Crippen LogP) is 2.39. The molecule has 5 heteroatoms. The zero-order chi connectivity index (χ0) is 15.2. The standard InChI is InChI=1S/C16H21NO4/c1-4-21-16-13(19-2)9-11(10-14(16)20-3)5-8-15(18)17-12-6-7-12/h5,8-10,12H,4,6-7H2,1-3H3,(H,17,18)/b8-5+. The van der Waals surface area contributed by atoms with Crippen LogP contribution in [0.4, 0.5) is 0 Å². The molecule has 0 atom stereocenters. The second-order valence-electron chi connectivity index (χ2n) is 4.80. The highest BCUT2D eigenvalue weighted by atomic mass is 16.5. The van der Waals surface area contributed by atoms with Crippen molar-refractivity contribution in [1.29, 1.82) is 0 Å². The first-order valence-corrected chi connectivity index (χ1v) is 7.05. The van der Waals surface area contributed by atoms with E-state index >= 15 is 0 Å². The number of carbonyl (C=O) groups excluding carboxylic acids is 1. The quantitative estimate of drug-likeness (QED) is 0.784. The van der Waals surface area contributed by atoms with Crippen molar-refractivity contribution in [2.75, 3.05) is 20.8 Å². The van der Waals surface area contributed by atoms with Crippen molar-refractivity contribution < 1.29 is 19.0 Å². The molecule has 1 aromatic rings. The van der Waals surface area contributed by atoms with E-state index in [1.807, 2.05) is 19.1 Å². The Morgan fingerprint density at radius 2 is 1.90 bits per heavy atom. The van der Waals surface area contributed by atoms with E-state index in [4.69, 9.17) is 14.2 Å². The van der Waals surface area contributed by atoms with Gasteiger partial charge >= 0.3 is 0 Å². The number of carbonyl (C=O) groups is 1. The zero-order valence-corrected chi connectivity index (χ0v) is 12.6. The molecule has 0 aromatic heterocycles. The molecule has 5 nitrogen and oxygen atoms in total. The van der Waals surface area contributed by atoms with Crippen molar-refractivity contribution in [3.8, 4) is 17.2 Å². The van der Waals surface area contributed by atoms with Gasteiger partial charge in [-0.1, -0.05) is 0 Å². The molecule has 1 aliphatic rings. The molecule has 1 N–H and O–H groups in total. The summed E-state index contributed by atoms with van der Waals surface area (Å²) < 4.78 is 16.2. The van der Waals surface area contributed by atoms with E-state index in [1.165, 1.54) is 6.08 Å². The van der Waals surface area contributed by atoms with Crippen LogP contribution >= 0.6 is 0 Å². The second kappa shape index (κ2) is 7.02. The molecule has 0 saturated heterocycles. The van der Waals surface area contributed by atoms with Gasteiger partial charge in [-0.15, -0.1) is 0 Å². The average molecular weight is 291 g/mol. The normalized spacial score (nSPS) is 14.0. The number of hydrogen-bond acceptors (Lipinski definition) is 4. The molecule has 1 aliphatic carbocycles. The third-order valence-electron chi connectivity index (χ3n) is 3.12. The largest absolute Gasteiger partial charge is 0.493 e. The second-order valence-corrected chi connectivity index (χ2v) is 4.80. The first kappa shape index (κ1) is 15.2. The molecular weight excluding hydrogens is 270 g/mol. The van der Waals surface area contributed by atoms with E-state index in [-0.39, 0.29) is 5.91 Å². The SMILES string of the molecule is CCOc1c(OC)cc(/C=C/C(=O)NC2CC2)cc1OC. The molecule has 1 saturated carbocycles. The highest BCUT2D eigenvalue weighted by Gasteiger charge is 2.22. The van der Waals surface area contributed by atoms with E-state index in [2.05, 4.69) is 5.32 Å². The van der Waals surface area contributed by atoms with Gasteiger partial charge < -0.3 is 19.5 Å². The number of hydrogen-bond donors (Lipinski definition) is 1. The predicted molar refractivity (Wildman–Crippen MR) is 80.9 cm³/mol. The van der Waals surface area contributed by atoms with Gasteiger partial charge in [0.1, 0.15) is 0 Å². The van der Waals surface area contributed by atoms with E-state index in [1.54, 1.807) is 20.3 Å². The summed E-state index contributed by atoms with van der Waals surface area (Å²) in [5.74, 6) is 1.66. The van der Waals surface area contributed by atoms with Gasteiger partial charge in [-0.25, -0.2) is 0 Å². The Kier molecular flexibility index (Phi) is 5.09. The summed E-state index contributed by atoms with van der Waals surface area (Å²) >= 11 is 0. The Labute approximate surface area is 124 Å². The summed E-state index contributed by atoms with van der Waals surface area (Å²) in [6.45, 7) is 2.42. The number of ether oxygens (including phenoxy) is 3. The van der Waals surface area contributed by atoms with Crippen LogP contribution in [0.1, 0.15) is 25.3 Å². The maximum atomic E-state index is 11.7. The highest BCUT2D eigenvalue weighted by molar-refractivity contribution is 5.92. The van der Waals surface area contributed by atoms with Crippen molar-refractivity contribution >= 4 is 12.0 Å². The summed E-state index contributed by atoms with van der Waals surface area (Å²) in [5.41, 5.74) is 0.818. The fraction of sp³-hybridized carbons (Fsp3) is 0.438. The van der Waals surface area contributed by atoms with Crippen LogP contribution in [-0.4, -0.2) is 32.8 Å². The average Bonchev–Trinajstić information content (AvgIpc) is 3.29. The molecule has 1 amide bonds. The van der Waals surface area contributed by atoms with E-state index < -0.39 is 0 Å². The maximum Gasteiger partial charge on any atom is 0.244 e. The fourth-order valence-corrected chi connectivity index (χ4v) is 1.93. The van der Waals surface area contributed by atoms with E-state index in [9.17, 15) is 4.79 Å². The molecule has 114 valence electrons. The van der Waals surface area contributed by atoms with Crippen LogP contribution in [0.3, 0.4) is 0 Å². The molecule has 2 rings (SSSR count). The molecule has 21 heavy (non-hydrogen) atoms. The van der Waals surface area contributed by atoms with E-state index in [0.717, 1.165) is 18.4 Å². The lowest BCUT2D eigenvalue weighted by Gasteiger charge is -2.14. The van der Waals surface area contributed by atoms with Crippen LogP contribution in [0, 0.1) is 0 Å². The van der Waals surface area contributed by atoms with Crippen LogP contribution in [0.25, 0.3) is 6.08 Å². The molecule has 0 radical (unpaired) electrons. The molecule has 0 spiro atoms. The summed E-state index contributed by atoms with van der Waals surface area (Å²) in [6.07, 6.45) is 5.40. The summed E-state index contributed by atoms with van der Waals surface area (Å²) in [7, 11) is 3.15.